The molecule has 0 aliphatic rings. The molecule has 0 amide bonds. The van der Waals surface area contributed by atoms with Crippen molar-refractivity contribution in [3.05, 3.63) is 83.9 Å². The molecule has 0 aromatic heterocycles. The van der Waals surface area contributed by atoms with Gasteiger partial charge in [0.05, 0.1) is 14.2 Å². The van der Waals surface area contributed by atoms with Crippen LogP contribution in [-0.2, 0) is 11.2 Å². The molecule has 0 N–H and O–H groups in total. The van der Waals surface area contributed by atoms with Gasteiger partial charge in [-0.3, -0.25) is 4.79 Å². The molecule has 4 heteroatoms. The average Bonchev–Trinajstić information content (AvgIpc) is 2.78. The number of carbonyl (C=O) groups excluding carboxylic acids is 2. The Bertz CT molecular complexity index is 963. The van der Waals surface area contributed by atoms with Crippen molar-refractivity contribution in [1.82, 2.24) is 0 Å². The zero-order valence-electron chi connectivity index (χ0n) is 18.0. The van der Waals surface area contributed by atoms with Gasteiger partial charge in [-0.05, 0) is 43.5 Å². The second-order valence-electron chi connectivity index (χ2n) is 6.83. The summed E-state index contributed by atoms with van der Waals surface area (Å²) in [6, 6.07) is 23.3. The molecule has 0 saturated carbocycles. The summed E-state index contributed by atoms with van der Waals surface area (Å²) in [4.78, 5) is 22.4. The van der Waals surface area contributed by atoms with Gasteiger partial charge < -0.3 is 14.3 Å². The number of ether oxygens (including phenoxy) is 2. The normalized spacial score (nSPS) is 9.87. The lowest BCUT2D eigenvalue weighted by Crippen LogP contribution is -2.01. The van der Waals surface area contributed by atoms with Crippen LogP contribution in [0.1, 0.15) is 36.2 Å². The van der Waals surface area contributed by atoms with Gasteiger partial charge in [-0.1, -0.05) is 60.7 Å². The van der Waals surface area contributed by atoms with E-state index in [2.05, 4.69) is 0 Å². The molecule has 0 spiro atoms. The Hall–Kier alpha value is -3.40. The van der Waals surface area contributed by atoms with Crippen LogP contribution in [0.4, 0.5) is 0 Å². The highest BCUT2D eigenvalue weighted by molar-refractivity contribution is 6.03. The van der Waals surface area contributed by atoms with E-state index < -0.39 is 0 Å². The molecule has 3 rings (SSSR count). The first-order valence-electron chi connectivity index (χ1n) is 9.82. The molecule has 0 atom stereocenters. The Kier molecular flexibility index (Phi) is 8.82. The Labute approximate surface area is 178 Å². The number of aryl methyl sites for hydroxylation is 1. The number of Topliss-reactive ketones (excluding diaryl/α,β-unsaturated/α-hetero) is 2. The van der Waals surface area contributed by atoms with Crippen molar-refractivity contribution in [3.8, 4) is 22.6 Å². The van der Waals surface area contributed by atoms with Gasteiger partial charge in [-0.2, -0.15) is 0 Å². The van der Waals surface area contributed by atoms with Gasteiger partial charge in [0, 0.05) is 17.5 Å². The first-order chi connectivity index (χ1) is 14.5. The maximum absolute atomic E-state index is 11.8. The fraction of sp³-hybridized carbons (Fsp3) is 0.231. The zero-order chi connectivity index (χ0) is 21.9. The van der Waals surface area contributed by atoms with Gasteiger partial charge in [0.15, 0.2) is 17.3 Å². The maximum atomic E-state index is 11.8. The van der Waals surface area contributed by atoms with Crippen LogP contribution in [0.25, 0.3) is 11.1 Å². The highest BCUT2D eigenvalue weighted by atomic mass is 16.5. The standard InChI is InChI=1S/C16H16O3.C10H12O/c1-11(17)13-9-10-14(18-2)16(19-3)15(13)12-7-5-4-6-8-12;1-9(11)7-8-10-5-3-2-4-6-10/h4-10H,1-3H3;2-6H,7-8H2,1H3. The molecular weight excluding hydrogens is 376 g/mol. The summed E-state index contributed by atoms with van der Waals surface area (Å²) in [5, 5.41) is 0. The zero-order valence-corrected chi connectivity index (χ0v) is 18.0. The van der Waals surface area contributed by atoms with Gasteiger partial charge in [0.2, 0.25) is 0 Å². The molecule has 3 aromatic carbocycles. The number of carbonyl (C=O) groups is 2. The Balaban J connectivity index is 0.000000248. The Morgan fingerprint density at radius 2 is 1.37 bits per heavy atom. The predicted molar refractivity (Wildman–Crippen MR) is 120 cm³/mol. The van der Waals surface area contributed by atoms with Gasteiger partial charge in [-0.25, -0.2) is 0 Å². The van der Waals surface area contributed by atoms with E-state index in [0.29, 0.717) is 23.5 Å². The van der Waals surface area contributed by atoms with Gasteiger partial charge in [0.1, 0.15) is 5.78 Å². The minimum Gasteiger partial charge on any atom is -0.493 e. The second kappa shape index (κ2) is 11.6. The van der Waals surface area contributed by atoms with Crippen LogP contribution in [0.5, 0.6) is 11.5 Å². The van der Waals surface area contributed by atoms with E-state index in [4.69, 9.17) is 9.47 Å². The third-order valence-electron chi connectivity index (χ3n) is 4.60. The first kappa shape index (κ1) is 22.9. The lowest BCUT2D eigenvalue weighted by atomic mass is 9.96. The minimum atomic E-state index is -0.000180. The molecule has 3 aromatic rings. The number of hydrogen-bond acceptors (Lipinski definition) is 4. The van der Waals surface area contributed by atoms with Crippen molar-refractivity contribution in [2.75, 3.05) is 14.2 Å². The number of methoxy groups -OCH3 is 2. The molecule has 0 aliphatic heterocycles. The number of ketones is 2. The van der Waals surface area contributed by atoms with Crippen LogP contribution in [0, 0.1) is 0 Å². The number of benzene rings is 3. The molecule has 0 aliphatic carbocycles. The highest BCUT2D eigenvalue weighted by Gasteiger charge is 2.18. The van der Waals surface area contributed by atoms with Crippen molar-refractivity contribution in [1.29, 1.82) is 0 Å². The molecule has 4 nitrogen and oxygen atoms in total. The summed E-state index contributed by atoms with van der Waals surface area (Å²) in [5.41, 5.74) is 3.57. The lowest BCUT2D eigenvalue weighted by Gasteiger charge is -2.16. The molecule has 0 bridgehead atoms. The fourth-order valence-corrected chi connectivity index (χ4v) is 3.08. The average molecular weight is 405 g/mol. The summed E-state index contributed by atoms with van der Waals surface area (Å²) in [5.74, 6) is 1.46. The molecular formula is C26H28O4. The van der Waals surface area contributed by atoms with Crippen LogP contribution in [0.2, 0.25) is 0 Å². The number of rotatable bonds is 7. The first-order valence-corrected chi connectivity index (χ1v) is 9.82. The van der Waals surface area contributed by atoms with E-state index in [1.807, 2.05) is 60.7 Å². The molecule has 0 heterocycles. The van der Waals surface area contributed by atoms with Crippen molar-refractivity contribution >= 4 is 11.6 Å². The summed E-state index contributed by atoms with van der Waals surface area (Å²) in [6.07, 6.45) is 1.53. The fourth-order valence-electron chi connectivity index (χ4n) is 3.08. The second-order valence-corrected chi connectivity index (χ2v) is 6.83. The molecule has 156 valence electrons. The van der Waals surface area contributed by atoms with E-state index in [0.717, 1.165) is 17.5 Å². The van der Waals surface area contributed by atoms with E-state index >= 15 is 0 Å². The van der Waals surface area contributed by atoms with Gasteiger partial charge in [0.25, 0.3) is 0 Å². The van der Waals surface area contributed by atoms with Crippen LogP contribution in [0.3, 0.4) is 0 Å². The summed E-state index contributed by atoms with van der Waals surface area (Å²) < 4.78 is 10.7. The van der Waals surface area contributed by atoms with Crippen molar-refractivity contribution in [2.45, 2.75) is 26.7 Å². The van der Waals surface area contributed by atoms with E-state index in [-0.39, 0.29) is 11.6 Å². The van der Waals surface area contributed by atoms with Crippen molar-refractivity contribution in [2.24, 2.45) is 0 Å². The third-order valence-corrected chi connectivity index (χ3v) is 4.60. The summed E-state index contributed by atoms with van der Waals surface area (Å²) in [6.45, 7) is 3.18. The summed E-state index contributed by atoms with van der Waals surface area (Å²) in [7, 11) is 3.16. The Morgan fingerprint density at radius 3 is 1.87 bits per heavy atom. The van der Waals surface area contributed by atoms with E-state index in [1.165, 1.54) is 5.56 Å². The largest absolute Gasteiger partial charge is 0.493 e. The van der Waals surface area contributed by atoms with E-state index in [9.17, 15) is 9.59 Å². The van der Waals surface area contributed by atoms with Crippen molar-refractivity contribution < 1.29 is 19.1 Å². The molecule has 0 unspecified atom stereocenters. The van der Waals surface area contributed by atoms with Gasteiger partial charge in [-0.15, -0.1) is 0 Å². The van der Waals surface area contributed by atoms with Crippen LogP contribution < -0.4 is 9.47 Å². The molecule has 0 fully saturated rings. The van der Waals surface area contributed by atoms with Crippen LogP contribution >= 0.6 is 0 Å². The maximum Gasteiger partial charge on any atom is 0.169 e. The molecule has 0 saturated heterocycles. The van der Waals surface area contributed by atoms with Crippen LogP contribution in [0.15, 0.2) is 72.8 Å². The number of hydrogen-bond donors (Lipinski definition) is 0. The van der Waals surface area contributed by atoms with Crippen LogP contribution in [-0.4, -0.2) is 25.8 Å². The monoisotopic (exact) mass is 404 g/mol. The van der Waals surface area contributed by atoms with Crippen molar-refractivity contribution in [3.63, 3.8) is 0 Å². The smallest absolute Gasteiger partial charge is 0.169 e. The predicted octanol–water partition coefficient (Wildman–Crippen LogP) is 5.78. The van der Waals surface area contributed by atoms with Gasteiger partial charge >= 0.3 is 0 Å². The van der Waals surface area contributed by atoms with E-state index in [1.54, 1.807) is 40.2 Å². The molecule has 30 heavy (non-hydrogen) atoms. The highest BCUT2D eigenvalue weighted by Crippen LogP contribution is 2.40. The minimum absolute atomic E-state index is 0.000180. The summed E-state index contributed by atoms with van der Waals surface area (Å²) >= 11 is 0. The molecule has 0 radical (unpaired) electrons. The quantitative estimate of drug-likeness (QED) is 0.468. The lowest BCUT2D eigenvalue weighted by molar-refractivity contribution is -0.116. The Morgan fingerprint density at radius 1 is 0.767 bits per heavy atom. The topological polar surface area (TPSA) is 52.6 Å². The third kappa shape index (κ3) is 6.31. The SMILES string of the molecule is CC(=O)CCc1ccccc1.COc1ccc(C(C)=O)c(-c2ccccc2)c1OC.